The van der Waals surface area contributed by atoms with E-state index in [9.17, 15) is 36.2 Å². The molecule has 3 unspecified atom stereocenters. The third-order valence-electron chi connectivity index (χ3n) is 9.03. The summed E-state index contributed by atoms with van der Waals surface area (Å²) in [5.41, 5.74) is -0.196. The average Bonchev–Trinajstić information content (AvgIpc) is 2.91. The molecule has 1 N–H and O–H groups in total. The fraction of sp³-hybridized carbons (Fsp3) is 0.645. The maximum atomic E-state index is 14.5. The number of halogens is 6. The predicted octanol–water partition coefficient (Wildman–Crippen LogP) is 9.16. The Balaban J connectivity index is 0.00000189. The number of rotatable bonds is 5. The molecule has 0 amide bonds. The maximum absolute atomic E-state index is 14.5. The monoisotopic (exact) mass is 587 g/mol. The first-order valence-electron chi connectivity index (χ1n) is 14.7. The van der Waals surface area contributed by atoms with Gasteiger partial charge in [-0.2, -0.15) is 26.3 Å². The molecule has 2 aromatic rings. The Morgan fingerprint density at radius 2 is 1.51 bits per heavy atom. The van der Waals surface area contributed by atoms with Gasteiger partial charge in [0.15, 0.2) is 0 Å². The molecule has 3 atom stereocenters. The molecule has 3 aliphatic rings. The largest absolute Gasteiger partial charge is 0.490 e. The van der Waals surface area contributed by atoms with Crippen LogP contribution in [0.25, 0.3) is 10.8 Å². The van der Waals surface area contributed by atoms with Crippen LogP contribution >= 0.6 is 0 Å². The van der Waals surface area contributed by atoms with Gasteiger partial charge in [0.2, 0.25) is 0 Å². The van der Waals surface area contributed by atoms with Crippen LogP contribution in [0.15, 0.2) is 30.3 Å². The van der Waals surface area contributed by atoms with Crippen molar-refractivity contribution in [1.82, 2.24) is 4.90 Å². The lowest BCUT2D eigenvalue weighted by Gasteiger charge is -2.51. The first-order chi connectivity index (χ1) is 19.3. The summed E-state index contributed by atoms with van der Waals surface area (Å²) in [7, 11) is 0. The zero-order valence-electron chi connectivity index (χ0n) is 23.7. The summed E-state index contributed by atoms with van der Waals surface area (Å²) in [5, 5.41) is 9.96. The molecule has 2 aromatic carbocycles. The third kappa shape index (κ3) is 6.78. The smallest absolute Gasteiger partial charge is 0.420 e. The molecule has 2 heterocycles. The summed E-state index contributed by atoms with van der Waals surface area (Å²) >= 11 is 0. The van der Waals surface area contributed by atoms with Crippen LogP contribution < -0.4 is 4.74 Å². The minimum absolute atomic E-state index is 0.00101. The highest BCUT2D eigenvalue weighted by Gasteiger charge is 2.44. The topological polar surface area (TPSA) is 49.8 Å². The molecule has 2 bridgehead atoms. The molecule has 0 radical (unpaired) electrons. The summed E-state index contributed by atoms with van der Waals surface area (Å²) in [4.78, 5) is 13.9. The number of nitrogens with zero attached hydrogens (tertiary/aromatic N) is 1. The molecule has 10 heteroatoms. The van der Waals surface area contributed by atoms with Gasteiger partial charge in [-0.25, -0.2) is 0 Å². The molecule has 2 aliphatic heterocycles. The lowest BCUT2D eigenvalue weighted by molar-refractivity contribution is -0.185. The maximum Gasteiger partial charge on any atom is 0.420 e. The van der Waals surface area contributed by atoms with Crippen molar-refractivity contribution >= 4 is 16.7 Å². The SMILES string of the molecule is CC.CC(c1ccc2ccc(OC3CCC(C(F)(F)F)CC3)c(C(F)(F)F)c2c1)N1C2CCCC1CC(C(=O)O)C2. The molecule has 0 spiro atoms. The lowest BCUT2D eigenvalue weighted by Crippen LogP contribution is -2.53. The minimum atomic E-state index is -4.73. The summed E-state index contributed by atoms with van der Waals surface area (Å²) < 4.78 is 88.2. The third-order valence-corrected chi connectivity index (χ3v) is 9.03. The number of ether oxygens (including phenoxy) is 1. The molecule has 228 valence electrons. The van der Waals surface area contributed by atoms with Crippen molar-refractivity contribution in [2.45, 2.75) is 115 Å². The number of benzene rings is 2. The number of carbonyl (C=O) groups is 1. The van der Waals surface area contributed by atoms with E-state index in [0.717, 1.165) is 19.3 Å². The van der Waals surface area contributed by atoms with E-state index < -0.39 is 41.8 Å². The minimum Gasteiger partial charge on any atom is -0.490 e. The molecular weight excluding hydrogens is 548 g/mol. The van der Waals surface area contributed by atoms with Gasteiger partial charge in [-0.3, -0.25) is 9.69 Å². The van der Waals surface area contributed by atoms with Crippen molar-refractivity contribution in [2.24, 2.45) is 11.8 Å². The Morgan fingerprint density at radius 1 is 0.927 bits per heavy atom. The zero-order valence-corrected chi connectivity index (χ0v) is 23.7. The van der Waals surface area contributed by atoms with Crippen LogP contribution in [0.1, 0.15) is 95.7 Å². The Labute approximate surface area is 237 Å². The Hall–Kier alpha value is -2.49. The number of carboxylic acid groups (broad SMARTS) is 1. The van der Waals surface area contributed by atoms with Crippen LogP contribution in [-0.4, -0.2) is 40.3 Å². The average molecular weight is 588 g/mol. The first-order valence-corrected chi connectivity index (χ1v) is 14.7. The highest BCUT2D eigenvalue weighted by atomic mass is 19.4. The van der Waals surface area contributed by atoms with Crippen LogP contribution in [0.4, 0.5) is 26.3 Å². The van der Waals surface area contributed by atoms with Crippen molar-refractivity contribution in [1.29, 1.82) is 0 Å². The van der Waals surface area contributed by atoms with Gasteiger partial charge < -0.3 is 9.84 Å². The van der Waals surface area contributed by atoms with Crippen molar-refractivity contribution in [3.05, 3.63) is 41.5 Å². The molecule has 2 saturated heterocycles. The number of carboxylic acids is 1. The van der Waals surface area contributed by atoms with E-state index >= 15 is 0 Å². The van der Waals surface area contributed by atoms with Crippen LogP contribution in [-0.2, 0) is 11.0 Å². The quantitative estimate of drug-likeness (QED) is 0.355. The number of hydrogen-bond acceptors (Lipinski definition) is 3. The first kappa shape index (κ1) is 31.4. The second kappa shape index (κ2) is 12.4. The Bertz CT molecular complexity index is 1190. The van der Waals surface area contributed by atoms with Crippen LogP contribution in [0.5, 0.6) is 5.75 Å². The van der Waals surface area contributed by atoms with Crippen LogP contribution in [0, 0.1) is 11.8 Å². The molecule has 41 heavy (non-hydrogen) atoms. The van der Waals surface area contributed by atoms with E-state index in [-0.39, 0.29) is 54.9 Å². The number of hydrogen-bond donors (Lipinski definition) is 1. The molecule has 0 aromatic heterocycles. The Kier molecular flexibility index (Phi) is 9.51. The van der Waals surface area contributed by atoms with Gasteiger partial charge in [-0.1, -0.05) is 38.5 Å². The van der Waals surface area contributed by atoms with Crippen molar-refractivity contribution < 1.29 is 41.0 Å². The van der Waals surface area contributed by atoms with Crippen molar-refractivity contribution in [3.8, 4) is 5.75 Å². The summed E-state index contributed by atoms with van der Waals surface area (Å²) in [5.74, 6) is -2.99. The van der Waals surface area contributed by atoms with E-state index in [2.05, 4.69) is 4.90 Å². The number of aliphatic carboxylic acids is 1. The van der Waals surface area contributed by atoms with Crippen molar-refractivity contribution in [2.75, 3.05) is 0 Å². The van der Waals surface area contributed by atoms with E-state index in [1.807, 2.05) is 26.8 Å². The van der Waals surface area contributed by atoms with Gasteiger partial charge in [0.1, 0.15) is 11.3 Å². The molecule has 3 fully saturated rings. The normalized spacial score (nSPS) is 28.0. The second-order valence-corrected chi connectivity index (χ2v) is 11.4. The molecular formula is C31H39F6NO3. The number of alkyl halides is 6. The second-order valence-electron chi connectivity index (χ2n) is 11.4. The fourth-order valence-electron chi connectivity index (χ4n) is 7.08. The van der Waals surface area contributed by atoms with Gasteiger partial charge in [0.05, 0.1) is 17.9 Å². The lowest BCUT2D eigenvalue weighted by atomic mass is 9.77. The van der Waals surface area contributed by atoms with E-state index in [4.69, 9.17) is 4.74 Å². The molecule has 1 aliphatic carbocycles. The molecule has 5 rings (SSSR count). The van der Waals surface area contributed by atoms with Gasteiger partial charge in [-0.05, 0) is 86.8 Å². The van der Waals surface area contributed by atoms with Gasteiger partial charge in [0, 0.05) is 18.1 Å². The van der Waals surface area contributed by atoms with E-state index in [1.165, 1.54) is 6.07 Å². The molecule has 4 nitrogen and oxygen atoms in total. The van der Waals surface area contributed by atoms with Crippen LogP contribution in [0.3, 0.4) is 0 Å². The summed E-state index contributed by atoms with van der Waals surface area (Å²) in [6, 6.07) is 7.78. The fourth-order valence-corrected chi connectivity index (χ4v) is 7.08. The van der Waals surface area contributed by atoms with Gasteiger partial charge in [0.25, 0.3) is 0 Å². The van der Waals surface area contributed by atoms with Gasteiger partial charge >= 0.3 is 18.3 Å². The van der Waals surface area contributed by atoms with Crippen LogP contribution in [0.2, 0.25) is 0 Å². The van der Waals surface area contributed by atoms with E-state index in [0.29, 0.717) is 23.8 Å². The van der Waals surface area contributed by atoms with Crippen molar-refractivity contribution in [3.63, 3.8) is 0 Å². The summed E-state index contributed by atoms with van der Waals surface area (Å²) in [6.07, 6.45) is -6.17. The van der Waals surface area contributed by atoms with Gasteiger partial charge in [-0.15, -0.1) is 0 Å². The van der Waals surface area contributed by atoms with E-state index in [1.54, 1.807) is 18.2 Å². The Morgan fingerprint density at radius 3 is 2.05 bits per heavy atom. The zero-order chi connectivity index (χ0) is 30.1. The summed E-state index contributed by atoms with van der Waals surface area (Å²) in [6.45, 7) is 5.96. The highest BCUT2D eigenvalue weighted by molar-refractivity contribution is 5.89. The number of piperidine rings is 2. The molecule has 1 saturated carbocycles. The predicted molar refractivity (Wildman–Crippen MR) is 145 cm³/mol. The standard InChI is InChI=1S/C29H33F6NO3.C2H6/c1-16(36-21-3-2-4-22(36)14-19(13-21)27(37)38)18-6-5-17-7-12-25(26(24(17)15-18)29(33,34)35)39-23-10-8-20(9-11-23)28(30,31)32;1-2/h5-7,12,15-16,19-23H,2-4,8-11,13-14H2,1H3,(H,37,38);1-2H3. The highest BCUT2D eigenvalue weighted by Crippen LogP contribution is 2.46. The number of fused-ring (bicyclic) bond motifs is 3.